The summed E-state index contributed by atoms with van der Waals surface area (Å²) >= 11 is 0. The van der Waals surface area contributed by atoms with E-state index in [0.29, 0.717) is 24.2 Å². The van der Waals surface area contributed by atoms with Crippen LogP contribution in [-0.4, -0.2) is 29.1 Å². The molecule has 27 heavy (non-hydrogen) atoms. The molecule has 0 bridgehead atoms. The molecule has 146 valence electrons. The first kappa shape index (κ1) is 19.9. The number of hydrogen-bond donors (Lipinski definition) is 1. The molecule has 1 aliphatic heterocycles. The molecular formula is C19H24N2O4S2. The summed E-state index contributed by atoms with van der Waals surface area (Å²) in [6.07, 6.45) is 1.40. The van der Waals surface area contributed by atoms with E-state index in [2.05, 4.69) is 4.72 Å². The molecule has 0 amide bonds. The van der Waals surface area contributed by atoms with Gasteiger partial charge >= 0.3 is 0 Å². The lowest BCUT2D eigenvalue weighted by Gasteiger charge is -2.28. The first-order valence-corrected chi connectivity index (χ1v) is 11.9. The number of anilines is 1. The molecule has 6 nitrogen and oxygen atoms in total. The van der Waals surface area contributed by atoms with Crippen molar-refractivity contribution in [2.45, 2.75) is 38.1 Å². The first-order chi connectivity index (χ1) is 12.7. The SMILES string of the molecule is Cc1ccc(CNS(=O)(=O)c2cc(N3CCCCS3(=O)=O)ccc2C)cc1. The number of hydrogen-bond acceptors (Lipinski definition) is 4. The van der Waals surface area contributed by atoms with Crippen LogP contribution in [0.3, 0.4) is 0 Å². The van der Waals surface area contributed by atoms with Gasteiger partial charge in [0.2, 0.25) is 20.0 Å². The quantitative estimate of drug-likeness (QED) is 0.825. The standard InChI is InChI=1S/C19H24N2O4S2/c1-15-5-8-17(9-6-15)14-20-27(24,25)19-13-18(10-7-16(19)2)21-11-3-4-12-26(21,22)23/h5-10,13,20H,3-4,11-12,14H2,1-2H3. The molecule has 1 N–H and O–H groups in total. The minimum Gasteiger partial charge on any atom is -0.270 e. The zero-order valence-corrected chi connectivity index (χ0v) is 17.1. The van der Waals surface area contributed by atoms with Crippen LogP contribution in [-0.2, 0) is 26.6 Å². The monoisotopic (exact) mass is 408 g/mol. The Hall–Kier alpha value is -1.90. The van der Waals surface area contributed by atoms with Crippen molar-refractivity contribution < 1.29 is 16.8 Å². The number of aryl methyl sites for hydroxylation is 2. The fraction of sp³-hybridized carbons (Fsp3) is 0.368. The van der Waals surface area contributed by atoms with Gasteiger partial charge in [-0.25, -0.2) is 21.6 Å². The Bertz CT molecular complexity index is 1030. The van der Waals surface area contributed by atoms with Gasteiger partial charge in [0.05, 0.1) is 16.3 Å². The highest BCUT2D eigenvalue weighted by atomic mass is 32.2. The fourth-order valence-electron chi connectivity index (χ4n) is 3.07. The zero-order chi connectivity index (χ0) is 19.7. The van der Waals surface area contributed by atoms with Crippen LogP contribution in [0.15, 0.2) is 47.4 Å². The second-order valence-electron chi connectivity index (χ2n) is 6.86. The maximum atomic E-state index is 12.8. The molecule has 0 spiro atoms. The molecule has 0 saturated carbocycles. The Morgan fingerprint density at radius 3 is 2.41 bits per heavy atom. The molecule has 1 fully saturated rings. The third-order valence-corrected chi connectivity index (χ3v) is 8.10. The van der Waals surface area contributed by atoms with Crippen LogP contribution in [0.5, 0.6) is 0 Å². The third-order valence-electron chi connectivity index (χ3n) is 4.69. The lowest BCUT2D eigenvalue weighted by molar-refractivity contribution is 0.573. The van der Waals surface area contributed by atoms with E-state index in [1.807, 2.05) is 31.2 Å². The molecule has 0 aliphatic carbocycles. The van der Waals surface area contributed by atoms with E-state index in [0.717, 1.165) is 17.5 Å². The lowest BCUT2D eigenvalue weighted by atomic mass is 10.2. The van der Waals surface area contributed by atoms with E-state index in [9.17, 15) is 16.8 Å². The number of rotatable bonds is 5. The predicted molar refractivity (Wildman–Crippen MR) is 107 cm³/mol. The van der Waals surface area contributed by atoms with Gasteiger partial charge in [0, 0.05) is 13.1 Å². The van der Waals surface area contributed by atoms with Crippen LogP contribution in [0, 0.1) is 13.8 Å². The van der Waals surface area contributed by atoms with Crippen molar-refractivity contribution in [2.75, 3.05) is 16.6 Å². The molecule has 0 atom stereocenters. The number of sulfonamides is 2. The molecule has 3 rings (SSSR count). The predicted octanol–water partition coefficient (Wildman–Crippen LogP) is 2.71. The van der Waals surface area contributed by atoms with Crippen LogP contribution in [0.4, 0.5) is 5.69 Å². The topological polar surface area (TPSA) is 83.6 Å². The highest BCUT2D eigenvalue weighted by molar-refractivity contribution is 7.92. The summed E-state index contributed by atoms with van der Waals surface area (Å²) in [7, 11) is -7.16. The molecule has 0 radical (unpaired) electrons. The van der Waals surface area contributed by atoms with Crippen LogP contribution in [0.1, 0.15) is 29.5 Å². The maximum absolute atomic E-state index is 12.8. The van der Waals surface area contributed by atoms with E-state index in [1.165, 1.54) is 10.4 Å². The van der Waals surface area contributed by atoms with Gasteiger partial charge in [0.25, 0.3) is 0 Å². The highest BCUT2D eigenvalue weighted by Crippen LogP contribution is 2.28. The van der Waals surface area contributed by atoms with Crippen LogP contribution >= 0.6 is 0 Å². The average Bonchev–Trinajstić information content (AvgIpc) is 2.61. The zero-order valence-electron chi connectivity index (χ0n) is 15.5. The minimum atomic E-state index is -3.77. The Balaban J connectivity index is 1.87. The summed E-state index contributed by atoms with van der Waals surface area (Å²) in [4.78, 5) is 0.105. The van der Waals surface area contributed by atoms with Crippen molar-refractivity contribution in [3.8, 4) is 0 Å². The number of benzene rings is 2. The van der Waals surface area contributed by atoms with Crippen molar-refractivity contribution in [1.82, 2.24) is 4.72 Å². The Labute approximate surface area is 161 Å². The van der Waals surface area contributed by atoms with Crippen LogP contribution in [0.25, 0.3) is 0 Å². The van der Waals surface area contributed by atoms with Crippen LogP contribution < -0.4 is 9.03 Å². The molecular weight excluding hydrogens is 384 g/mol. The van der Waals surface area contributed by atoms with Gasteiger partial charge in [-0.15, -0.1) is 0 Å². The fourth-order valence-corrected chi connectivity index (χ4v) is 5.99. The Kier molecular flexibility index (Phi) is 5.60. The summed E-state index contributed by atoms with van der Waals surface area (Å²) in [5, 5.41) is 0. The smallest absolute Gasteiger partial charge is 0.241 e. The van der Waals surface area contributed by atoms with Gasteiger partial charge < -0.3 is 0 Å². The van der Waals surface area contributed by atoms with E-state index in [-0.39, 0.29) is 17.2 Å². The van der Waals surface area contributed by atoms with Crippen molar-refractivity contribution in [3.63, 3.8) is 0 Å². The van der Waals surface area contributed by atoms with Crippen molar-refractivity contribution in [2.24, 2.45) is 0 Å². The van der Waals surface area contributed by atoms with E-state index in [4.69, 9.17) is 0 Å². The molecule has 0 unspecified atom stereocenters. The number of nitrogens with zero attached hydrogens (tertiary/aromatic N) is 1. The van der Waals surface area contributed by atoms with Crippen molar-refractivity contribution in [3.05, 3.63) is 59.2 Å². The third kappa shape index (κ3) is 4.51. The summed E-state index contributed by atoms with van der Waals surface area (Å²) in [5.74, 6) is 0.0919. The van der Waals surface area contributed by atoms with Gasteiger partial charge in [-0.3, -0.25) is 4.31 Å². The summed E-state index contributed by atoms with van der Waals surface area (Å²) in [5.41, 5.74) is 2.94. The van der Waals surface area contributed by atoms with Gasteiger partial charge in [-0.1, -0.05) is 35.9 Å². The lowest BCUT2D eigenvalue weighted by Crippen LogP contribution is -2.38. The number of nitrogens with one attached hydrogen (secondary N) is 1. The largest absolute Gasteiger partial charge is 0.270 e. The molecule has 2 aromatic rings. The Morgan fingerprint density at radius 2 is 1.74 bits per heavy atom. The van der Waals surface area contributed by atoms with Crippen molar-refractivity contribution >= 4 is 25.7 Å². The molecule has 1 saturated heterocycles. The Morgan fingerprint density at radius 1 is 1.04 bits per heavy atom. The summed E-state index contributed by atoms with van der Waals surface area (Å²) in [6, 6.07) is 12.4. The normalized spacial score (nSPS) is 17.0. The van der Waals surface area contributed by atoms with Gasteiger partial charge in [0.15, 0.2) is 0 Å². The minimum absolute atomic E-state index is 0.0919. The summed E-state index contributed by atoms with van der Waals surface area (Å²) < 4.78 is 54.2. The molecule has 2 aromatic carbocycles. The van der Waals surface area contributed by atoms with E-state index < -0.39 is 20.0 Å². The second-order valence-corrected chi connectivity index (χ2v) is 10.6. The average molecular weight is 409 g/mol. The van der Waals surface area contributed by atoms with Crippen molar-refractivity contribution in [1.29, 1.82) is 0 Å². The molecule has 0 aromatic heterocycles. The molecule has 8 heteroatoms. The summed E-state index contributed by atoms with van der Waals surface area (Å²) in [6.45, 7) is 4.22. The molecule has 1 heterocycles. The van der Waals surface area contributed by atoms with Gasteiger partial charge in [-0.2, -0.15) is 0 Å². The van der Waals surface area contributed by atoms with Gasteiger partial charge in [-0.05, 0) is 49.9 Å². The van der Waals surface area contributed by atoms with Gasteiger partial charge in [0.1, 0.15) is 0 Å². The highest BCUT2D eigenvalue weighted by Gasteiger charge is 2.27. The molecule has 1 aliphatic rings. The van der Waals surface area contributed by atoms with Crippen LogP contribution in [0.2, 0.25) is 0 Å². The first-order valence-electron chi connectivity index (χ1n) is 8.85. The van der Waals surface area contributed by atoms with E-state index in [1.54, 1.807) is 19.1 Å². The maximum Gasteiger partial charge on any atom is 0.241 e. The second kappa shape index (κ2) is 7.61. The van der Waals surface area contributed by atoms with E-state index >= 15 is 0 Å².